The standard InChI is InChI=1S/C28H25N3O7/c1-17-6-9-21(10-7-17)29-25(32)15-31-26(33)22(30-28(31)36)13-18-8-11-23(24(14-18)37-2)38-16-19-4-3-5-20(12-19)27(34)35/h3-14H,15-16H2,1-2H3,(H,29,32)(H,30,36)(H,34,35)/b22-13-. The molecule has 3 aromatic carbocycles. The van der Waals surface area contributed by atoms with Crippen molar-refractivity contribution >= 4 is 35.6 Å². The highest BCUT2D eigenvalue weighted by Gasteiger charge is 2.35. The number of amides is 4. The summed E-state index contributed by atoms with van der Waals surface area (Å²) in [4.78, 5) is 49.6. The second-order valence-corrected chi connectivity index (χ2v) is 8.50. The van der Waals surface area contributed by atoms with Crippen molar-refractivity contribution < 1.29 is 33.8 Å². The van der Waals surface area contributed by atoms with Gasteiger partial charge in [-0.05, 0) is 60.5 Å². The van der Waals surface area contributed by atoms with Crippen molar-refractivity contribution in [2.75, 3.05) is 19.0 Å². The van der Waals surface area contributed by atoms with E-state index in [4.69, 9.17) is 14.6 Å². The number of benzene rings is 3. The number of carboxylic acid groups (broad SMARTS) is 1. The molecule has 38 heavy (non-hydrogen) atoms. The summed E-state index contributed by atoms with van der Waals surface area (Å²) in [6.45, 7) is 1.60. The van der Waals surface area contributed by atoms with Crippen molar-refractivity contribution in [1.82, 2.24) is 10.2 Å². The number of aryl methyl sites for hydroxylation is 1. The summed E-state index contributed by atoms with van der Waals surface area (Å²) in [5, 5.41) is 14.3. The Morgan fingerprint density at radius 2 is 1.79 bits per heavy atom. The van der Waals surface area contributed by atoms with Crippen molar-refractivity contribution in [1.29, 1.82) is 0 Å². The number of nitrogens with zero attached hydrogens (tertiary/aromatic N) is 1. The van der Waals surface area contributed by atoms with Gasteiger partial charge in [0.1, 0.15) is 18.8 Å². The van der Waals surface area contributed by atoms with Crippen LogP contribution in [0.1, 0.15) is 27.0 Å². The Balaban J connectivity index is 1.42. The molecule has 0 saturated carbocycles. The quantitative estimate of drug-likeness (QED) is 0.291. The van der Waals surface area contributed by atoms with Gasteiger partial charge in [-0.25, -0.2) is 14.5 Å². The van der Waals surface area contributed by atoms with Gasteiger partial charge in [-0.3, -0.25) is 9.59 Å². The van der Waals surface area contributed by atoms with Crippen molar-refractivity contribution in [2.45, 2.75) is 13.5 Å². The Bertz CT molecular complexity index is 1430. The molecule has 0 aromatic heterocycles. The maximum atomic E-state index is 12.8. The van der Waals surface area contributed by atoms with Crippen molar-refractivity contribution in [2.24, 2.45) is 0 Å². The van der Waals surface area contributed by atoms with E-state index >= 15 is 0 Å². The van der Waals surface area contributed by atoms with E-state index < -0.39 is 30.4 Å². The molecule has 1 aliphatic heterocycles. The average Bonchev–Trinajstić information content (AvgIpc) is 3.16. The van der Waals surface area contributed by atoms with Crippen LogP contribution in [-0.2, 0) is 16.2 Å². The van der Waals surface area contributed by atoms with Gasteiger partial charge in [-0.2, -0.15) is 0 Å². The van der Waals surface area contributed by atoms with Crippen LogP contribution in [0.5, 0.6) is 11.5 Å². The lowest BCUT2D eigenvalue weighted by atomic mass is 10.1. The minimum atomic E-state index is -1.03. The van der Waals surface area contributed by atoms with Crippen LogP contribution in [-0.4, -0.2) is 47.5 Å². The number of urea groups is 1. The van der Waals surface area contributed by atoms with E-state index in [1.54, 1.807) is 42.5 Å². The lowest BCUT2D eigenvalue weighted by Gasteiger charge is -2.12. The number of imide groups is 1. The first-order valence-electron chi connectivity index (χ1n) is 11.6. The molecule has 0 radical (unpaired) electrons. The first kappa shape index (κ1) is 26.0. The number of methoxy groups -OCH3 is 1. The van der Waals surface area contributed by atoms with E-state index in [1.807, 2.05) is 19.1 Å². The molecule has 0 bridgehead atoms. The van der Waals surface area contributed by atoms with E-state index in [0.717, 1.165) is 10.5 Å². The summed E-state index contributed by atoms with van der Waals surface area (Å²) in [5.74, 6) is -1.38. The van der Waals surface area contributed by atoms with Crippen LogP contribution in [0.4, 0.5) is 10.5 Å². The lowest BCUT2D eigenvalue weighted by molar-refractivity contribution is -0.127. The van der Waals surface area contributed by atoms with Crippen molar-refractivity contribution in [3.8, 4) is 11.5 Å². The first-order chi connectivity index (χ1) is 18.2. The van der Waals surface area contributed by atoms with Crippen molar-refractivity contribution in [3.63, 3.8) is 0 Å². The number of carbonyl (C=O) groups is 4. The minimum absolute atomic E-state index is 0.0133. The number of ether oxygens (including phenoxy) is 2. The molecule has 1 aliphatic rings. The number of carbonyl (C=O) groups excluding carboxylic acids is 3. The molecular formula is C28H25N3O7. The molecule has 10 nitrogen and oxygen atoms in total. The van der Waals surface area contributed by atoms with Gasteiger partial charge in [0.05, 0.1) is 12.7 Å². The predicted octanol–water partition coefficient (Wildman–Crippen LogP) is 3.81. The highest BCUT2D eigenvalue weighted by molar-refractivity contribution is 6.16. The maximum Gasteiger partial charge on any atom is 0.335 e. The molecule has 0 spiro atoms. The number of nitrogens with one attached hydrogen (secondary N) is 2. The molecule has 3 N–H and O–H groups in total. The van der Waals surface area contributed by atoms with E-state index in [-0.39, 0.29) is 17.9 Å². The normalized spacial score (nSPS) is 13.8. The van der Waals surface area contributed by atoms with E-state index in [9.17, 15) is 19.2 Å². The average molecular weight is 516 g/mol. The second kappa shape index (κ2) is 11.3. The summed E-state index contributed by atoms with van der Waals surface area (Å²) in [6.07, 6.45) is 1.47. The van der Waals surface area contributed by atoms with Gasteiger partial charge < -0.3 is 25.2 Å². The molecule has 0 aliphatic carbocycles. The zero-order valence-electron chi connectivity index (χ0n) is 20.7. The monoisotopic (exact) mass is 515 g/mol. The fraction of sp³-hybridized carbons (Fsp3) is 0.143. The highest BCUT2D eigenvalue weighted by atomic mass is 16.5. The fourth-order valence-corrected chi connectivity index (χ4v) is 3.71. The summed E-state index contributed by atoms with van der Waals surface area (Å²) in [7, 11) is 1.46. The number of rotatable bonds is 9. The van der Waals surface area contributed by atoms with Gasteiger partial charge in [0.15, 0.2) is 11.5 Å². The Morgan fingerprint density at radius 3 is 2.50 bits per heavy atom. The summed E-state index contributed by atoms with van der Waals surface area (Å²) in [5.41, 5.74) is 2.99. The molecule has 0 atom stereocenters. The molecule has 194 valence electrons. The predicted molar refractivity (Wildman–Crippen MR) is 139 cm³/mol. The number of carboxylic acids is 1. The van der Waals surface area contributed by atoms with Crippen LogP contribution in [0, 0.1) is 6.92 Å². The third-order valence-corrected chi connectivity index (χ3v) is 5.67. The third-order valence-electron chi connectivity index (χ3n) is 5.67. The van der Waals surface area contributed by atoms with Crippen LogP contribution >= 0.6 is 0 Å². The smallest absolute Gasteiger partial charge is 0.335 e. The largest absolute Gasteiger partial charge is 0.493 e. The van der Waals surface area contributed by atoms with Gasteiger partial charge in [0.25, 0.3) is 5.91 Å². The van der Waals surface area contributed by atoms with E-state index in [0.29, 0.717) is 28.3 Å². The molecule has 10 heteroatoms. The van der Waals surface area contributed by atoms with Gasteiger partial charge in [-0.1, -0.05) is 35.9 Å². The number of hydrogen-bond donors (Lipinski definition) is 3. The van der Waals surface area contributed by atoms with Gasteiger partial charge in [0, 0.05) is 5.69 Å². The molecule has 1 saturated heterocycles. The number of hydrogen-bond acceptors (Lipinski definition) is 6. The number of anilines is 1. The molecular weight excluding hydrogens is 490 g/mol. The third kappa shape index (κ3) is 6.16. The van der Waals surface area contributed by atoms with Crippen LogP contribution in [0.3, 0.4) is 0 Å². The minimum Gasteiger partial charge on any atom is -0.493 e. The topological polar surface area (TPSA) is 134 Å². The van der Waals surface area contributed by atoms with Gasteiger partial charge in [0.2, 0.25) is 5.91 Å². The summed E-state index contributed by atoms with van der Waals surface area (Å²) >= 11 is 0. The molecule has 0 unspecified atom stereocenters. The Kier molecular flexibility index (Phi) is 7.72. The zero-order valence-corrected chi connectivity index (χ0v) is 20.7. The van der Waals surface area contributed by atoms with Crippen LogP contribution < -0.4 is 20.1 Å². The Morgan fingerprint density at radius 1 is 1.03 bits per heavy atom. The molecule has 1 heterocycles. The zero-order chi connectivity index (χ0) is 27.2. The van der Waals surface area contributed by atoms with E-state index in [2.05, 4.69) is 10.6 Å². The maximum absolute atomic E-state index is 12.8. The van der Waals surface area contributed by atoms with Gasteiger partial charge in [-0.15, -0.1) is 0 Å². The van der Waals surface area contributed by atoms with Crippen LogP contribution in [0.2, 0.25) is 0 Å². The Hall–Kier alpha value is -5.12. The van der Waals surface area contributed by atoms with E-state index in [1.165, 1.54) is 25.3 Å². The van der Waals surface area contributed by atoms with Gasteiger partial charge >= 0.3 is 12.0 Å². The fourth-order valence-electron chi connectivity index (χ4n) is 3.71. The van der Waals surface area contributed by atoms with Crippen molar-refractivity contribution in [3.05, 3.63) is 94.7 Å². The van der Waals surface area contributed by atoms with Crippen LogP contribution in [0.15, 0.2) is 72.4 Å². The molecule has 3 aromatic rings. The first-order valence-corrected chi connectivity index (χ1v) is 11.6. The van der Waals surface area contributed by atoms with Crippen LogP contribution in [0.25, 0.3) is 6.08 Å². The molecule has 1 fully saturated rings. The molecule has 4 amide bonds. The summed E-state index contributed by atoms with van der Waals surface area (Å²) < 4.78 is 11.2. The molecule has 4 rings (SSSR count). The SMILES string of the molecule is COc1cc(/C=C2\NC(=O)N(CC(=O)Nc3ccc(C)cc3)C2=O)ccc1OCc1cccc(C(=O)O)c1. The number of aromatic carboxylic acids is 1. The highest BCUT2D eigenvalue weighted by Crippen LogP contribution is 2.30. The second-order valence-electron chi connectivity index (χ2n) is 8.50. The Labute approximate surface area is 218 Å². The summed E-state index contributed by atoms with van der Waals surface area (Å²) in [6, 6.07) is 17.8. The lowest BCUT2D eigenvalue weighted by Crippen LogP contribution is -2.38.